The minimum atomic E-state index is -0.0603. The average molecular weight is 271 g/mol. The van der Waals surface area contributed by atoms with Gasteiger partial charge in [0.2, 0.25) is 0 Å². The number of benzene rings is 1. The van der Waals surface area contributed by atoms with Crippen LogP contribution in [0, 0.1) is 20.8 Å². The molecule has 20 heavy (non-hydrogen) atoms. The van der Waals surface area contributed by atoms with E-state index in [4.69, 9.17) is 0 Å². The molecule has 1 aromatic carbocycles. The Bertz CT molecular complexity index is 596. The molecule has 4 nitrogen and oxygen atoms in total. The topological polar surface area (TPSA) is 57.8 Å². The van der Waals surface area contributed by atoms with Crippen molar-refractivity contribution in [2.75, 3.05) is 0 Å². The molecule has 0 saturated heterocycles. The maximum Gasteiger partial charge on any atom is 0.255 e. The first-order chi connectivity index (χ1) is 9.49. The van der Waals surface area contributed by atoms with Crippen molar-refractivity contribution in [1.29, 1.82) is 0 Å². The Morgan fingerprint density at radius 1 is 1.30 bits per heavy atom. The summed E-state index contributed by atoms with van der Waals surface area (Å²) in [5.41, 5.74) is 4.72. The van der Waals surface area contributed by atoms with Gasteiger partial charge in [0, 0.05) is 11.7 Å². The van der Waals surface area contributed by atoms with Gasteiger partial charge in [0.25, 0.3) is 5.91 Å². The summed E-state index contributed by atoms with van der Waals surface area (Å²) in [5, 5.41) is 9.94. The highest BCUT2D eigenvalue weighted by atomic mass is 16.1. The number of aromatic nitrogens is 2. The number of H-pyrrole nitrogens is 1. The molecule has 1 unspecified atom stereocenters. The Morgan fingerprint density at radius 2 is 2.00 bits per heavy atom. The quantitative estimate of drug-likeness (QED) is 0.898. The number of carbonyl (C=O) groups excluding carboxylic acids is 1. The summed E-state index contributed by atoms with van der Waals surface area (Å²) in [6.45, 7) is 7.81. The van der Waals surface area contributed by atoms with Crippen molar-refractivity contribution in [3.05, 3.63) is 52.3 Å². The van der Waals surface area contributed by atoms with Crippen LogP contribution in [-0.2, 0) is 6.42 Å². The highest BCUT2D eigenvalue weighted by Gasteiger charge is 2.17. The molecule has 106 valence electrons. The lowest BCUT2D eigenvalue weighted by molar-refractivity contribution is 0.0939. The summed E-state index contributed by atoms with van der Waals surface area (Å²) in [6, 6.07) is 8.33. The van der Waals surface area contributed by atoms with Gasteiger partial charge in [-0.2, -0.15) is 5.10 Å². The van der Waals surface area contributed by atoms with E-state index in [0.29, 0.717) is 5.56 Å². The Morgan fingerprint density at radius 3 is 2.60 bits per heavy atom. The predicted molar refractivity (Wildman–Crippen MR) is 79.9 cm³/mol. The van der Waals surface area contributed by atoms with Crippen LogP contribution in [0.2, 0.25) is 0 Å². The van der Waals surface area contributed by atoms with E-state index in [2.05, 4.69) is 34.6 Å². The molecule has 0 aliphatic carbocycles. The molecule has 4 heteroatoms. The molecule has 1 atom stereocenters. The second kappa shape index (κ2) is 5.90. The first kappa shape index (κ1) is 14.3. The maximum atomic E-state index is 12.3. The van der Waals surface area contributed by atoms with Gasteiger partial charge in [-0.25, -0.2) is 0 Å². The van der Waals surface area contributed by atoms with Crippen LogP contribution in [0.5, 0.6) is 0 Å². The highest BCUT2D eigenvalue weighted by molar-refractivity contribution is 5.96. The first-order valence-corrected chi connectivity index (χ1v) is 6.86. The Labute approximate surface area is 119 Å². The SMILES string of the molecule is Cc1ccccc1CC(C)NC(=O)c1c(C)n[nH]c1C. The maximum absolute atomic E-state index is 12.3. The summed E-state index contributed by atoms with van der Waals surface area (Å²) >= 11 is 0. The van der Waals surface area contributed by atoms with Gasteiger partial charge in [0.05, 0.1) is 11.3 Å². The fraction of sp³-hybridized carbons (Fsp3) is 0.375. The molecule has 0 bridgehead atoms. The summed E-state index contributed by atoms with van der Waals surface area (Å²) < 4.78 is 0. The molecule has 2 N–H and O–H groups in total. The van der Waals surface area contributed by atoms with E-state index < -0.39 is 0 Å². The van der Waals surface area contributed by atoms with Gasteiger partial charge in [-0.15, -0.1) is 0 Å². The van der Waals surface area contributed by atoms with Gasteiger partial charge in [-0.1, -0.05) is 24.3 Å². The number of hydrogen-bond donors (Lipinski definition) is 2. The zero-order valence-corrected chi connectivity index (χ0v) is 12.4. The van der Waals surface area contributed by atoms with Crippen LogP contribution in [0.15, 0.2) is 24.3 Å². The summed E-state index contributed by atoms with van der Waals surface area (Å²) in [6.07, 6.45) is 0.828. The van der Waals surface area contributed by atoms with E-state index in [1.165, 1.54) is 11.1 Å². The third-order valence-corrected chi connectivity index (χ3v) is 3.52. The van der Waals surface area contributed by atoms with Gasteiger partial charge in [-0.05, 0) is 45.2 Å². The number of aromatic amines is 1. The van der Waals surface area contributed by atoms with E-state index in [1.54, 1.807) is 0 Å². The molecule has 2 aromatic rings. The number of nitrogens with one attached hydrogen (secondary N) is 2. The van der Waals surface area contributed by atoms with E-state index in [-0.39, 0.29) is 11.9 Å². The van der Waals surface area contributed by atoms with Crippen LogP contribution in [0.25, 0.3) is 0 Å². The lowest BCUT2D eigenvalue weighted by Gasteiger charge is -2.15. The molecule has 0 saturated carbocycles. The number of nitrogens with zero attached hydrogens (tertiary/aromatic N) is 1. The molecular weight excluding hydrogens is 250 g/mol. The molecule has 1 aromatic heterocycles. The Kier molecular flexibility index (Phi) is 4.23. The number of amides is 1. The van der Waals surface area contributed by atoms with Crippen LogP contribution < -0.4 is 5.32 Å². The summed E-state index contributed by atoms with van der Waals surface area (Å²) in [5.74, 6) is -0.0603. The van der Waals surface area contributed by atoms with Gasteiger partial charge < -0.3 is 5.32 Å². The number of rotatable bonds is 4. The van der Waals surface area contributed by atoms with Crippen molar-refractivity contribution in [2.24, 2.45) is 0 Å². The molecule has 0 fully saturated rings. The Balaban J connectivity index is 2.04. The van der Waals surface area contributed by atoms with Gasteiger partial charge in [-0.3, -0.25) is 9.89 Å². The zero-order chi connectivity index (χ0) is 14.7. The summed E-state index contributed by atoms with van der Waals surface area (Å²) in [4.78, 5) is 12.3. The predicted octanol–water partition coefficient (Wildman–Crippen LogP) is 2.70. The lowest BCUT2D eigenvalue weighted by atomic mass is 10.0. The normalized spacial score (nSPS) is 12.2. The minimum Gasteiger partial charge on any atom is -0.349 e. The van der Waals surface area contributed by atoms with Crippen molar-refractivity contribution in [3.8, 4) is 0 Å². The van der Waals surface area contributed by atoms with Crippen LogP contribution in [0.3, 0.4) is 0 Å². The van der Waals surface area contributed by atoms with Crippen LogP contribution in [0.4, 0.5) is 0 Å². The smallest absolute Gasteiger partial charge is 0.255 e. The first-order valence-electron chi connectivity index (χ1n) is 6.86. The van der Waals surface area contributed by atoms with Gasteiger partial charge in [0.1, 0.15) is 0 Å². The van der Waals surface area contributed by atoms with Crippen LogP contribution in [0.1, 0.15) is 39.8 Å². The van der Waals surface area contributed by atoms with E-state index in [1.807, 2.05) is 32.9 Å². The van der Waals surface area contributed by atoms with Gasteiger partial charge in [0.15, 0.2) is 0 Å². The average Bonchev–Trinajstić information content (AvgIpc) is 2.72. The van der Waals surface area contributed by atoms with Crippen molar-refractivity contribution in [1.82, 2.24) is 15.5 Å². The third kappa shape index (κ3) is 3.07. The molecule has 0 spiro atoms. The van der Waals surface area contributed by atoms with Gasteiger partial charge >= 0.3 is 0 Å². The monoisotopic (exact) mass is 271 g/mol. The number of hydrogen-bond acceptors (Lipinski definition) is 2. The van der Waals surface area contributed by atoms with Crippen LogP contribution in [-0.4, -0.2) is 22.1 Å². The Hall–Kier alpha value is -2.10. The van der Waals surface area contributed by atoms with E-state index in [0.717, 1.165) is 17.8 Å². The largest absolute Gasteiger partial charge is 0.349 e. The zero-order valence-electron chi connectivity index (χ0n) is 12.4. The van der Waals surface area contributed by atoms with Crippen molar-refractivity contribution in [2.45, 2.75) is 40.2 Å². The molecule has 0 aliphatic rings. The fourth-order valence-electron chi connectivity index (χ4n) is 2.40. The van der Waals surface area contributed by atoms with Crippen molar-refractivity contribution >= 4 is 5.91 Å². The standard InChI is InChI=1S/C16H21N3O/c1-10-7-5-6-8-14(10)9-11(2)17-16(20)15-12(3)18-19-13(15)4/h5-8,11H,9H2,1-4H3,(H,17,20)(H,18,19). The van der Waals surface area contributed by atoms with Crippen molar-refractivity contribution < 1.29 is 4.79 Å². The molecular formula is C16H21N3O. The molecule has 1 heterocycles. The van der Waals surface area contributed by atoms with Crippen LogP contribution >= 0.6 is 0 Å². The van der Waals surface area contributed by atoms with Crippen molar-refractivity contribution in [3.63, 3.8) is 0 Å². The second-order valence-corrected chi connectivity index (χ2v) is 5.31. The lowest BCUT2D eigenvalue weighted by Crippen LogP contribution is -2.34. The van der Waals surface area contributed by atoms with E-state index >= 15 is 0 Å². The highest BCUT2D eigenvalue weighted by Crippen LogP contribution is 2.12. The minimum absolute atomic E-state index is 0.0603. The number of aryl methyl sites for hydroxylation is 3. The summed E-state index contributed by atoms with van der Waals surface area (Å²) in [7, 11) is 0. The molecule has 1 amide bonds. The molecule has 0 aliphatic heterocycles. The fourth-order valence-corrected chi connectivity index (χ4v) is 2.40. The third-order valence-electron chi connectivity index (χ3n) is 3.52. The molecule has 2 rings (SSSR count). The van der Waals surface area contributed by atoms with E-state index in [9.17, 15) is 4.79 Å². The second-order valence-electron chi connectivity index (χ2n) is 5.31. The number of carbonyl (C=O) groups is 1. The molecule has 0 radical (unpaired) electrons.